The van der Waals surface area contributed by atoms with E-state index in [4.69, 9.17) is 11.6 Å². The normalized spacial score (nSPS) is 20.3. The Labute approximate surface area is 176 Å². The molecule has 3 rings (SSSR count). The topological polar surface area (TPSA) is 63.2 Å². The van der Waals surface area contributed by atoms with Crippen LogP contribution in [-0.4, -0.2) is 25.6 Å². The zero-order valence-electron chi connectivity index (χ0n) is 15.7. The van der Waals surface area contributed by atoms with Crippen molar-refractivity contribution in [3.05, 3.63) is 64.4 Å². The van der Waals surface area contributed by atoms with Crippen molar-refractivity contribution in [3.8, 4) is 0 Å². The highest BCUT2D eigenvalue weighted by Gasteiger charge is 2.41. The van der Waals surface area contributed by atoms with Crippen LogP contribution in [0.15, 0.2) is 47.4 Å². The van der Waals surface area contributed by atoms with E-state index in [-0.39, 0.29) is 27.4 Å². The van der Waals surface area contributed by atoms with E-state index in [0.29, 0.717) is 18.9 Å². The van der Waals surface area contributed by atoms with E-state index in [0.717, 1.165) is 24.3 Å². The molecule has 162 valence electrons. The van der Waals surface area contributed by atoms with Gasteiger partial charge in [-0.05, 0) is 62.1 Å². The van der Waals surface area contributed by atoms with Crippen molar-refractivity contribution in [1.29, 1.82) is 0 Å². The van der Waals surface area contributed by atoms with E-state index >= 15 is 0 Å². The minimum Gasteiger partial charge on any atom is -0.349 e. The maximum atomic E-state index is 13.2. The first-order chi connectivity index (χ1) is 13.9. The molecule has 10 heteroatoms. The van der Waals surface area contributed by atoms with Gasteiger partial charge in [-0.3, -0.25) is 4.79 Å². The highest BCUT2D eigenvalue weighted by atomic mass is 35.5. The van der Waals surface area contributed by atoms with Crippen LogP contribution in [0.1, 0.15) is 35.7 Å². The summed E-state index contributed by atoms with van der Waals surface area (Å²) >= 11 is 5.66. The van der Waals surface area contributed by atoms with Crippen LogP contribution < -0.4 is 5.32 Å². The second-order valence-electron chi connectivity index (χ2n) is 7.31. The number of hydrogen-bond donors (Lipinski definition) is 1. The van der Waals surface area contributed by atoms with Crippen LogP contribution in [-0.2, 0) is 16.0 Å². The summed E-state index contributed by atoms with van der Waals surface area (Å²) in [6.45, 7) is 1.46. The van der Waals surface area contributed by atoms with Crippen LogP contribution in [0.5, 0.6) is 0 Å². The molecule has 0 heterocycles. The average Bonchev–Trinajstić information content (AvgIpc) is 2.65. The lowest BCUT2D eigenvalue weighted by atomic mass is 9.78. The monoisotopic (exact) mass is 463 g/mol. The molecule has 2 aromatic carbocycles. The Balaban J connectivity index is 1.63. The zero-order valence-corrected chi connectivity index (χ0v) is 17.3. The molecule has 2 aromatic rings. The average molecular weight is 464 g/mol. The standard InChI is InChI=1S/C20H18ClF4NO3S/c1-11(30(28,29)16-4-2-3-14(10-16)20(23,24)25)13-7-15(8-13)26-19(27)12-5-6-18(22)17(21)9-12/h2-6,9-11,13,15H,7-8H2,1H3,(H,26,27)/t11-,13-,15-/m1/s1. The zero-order chi connectivity index (χ0) is 22.3. The van der Waals surface area contributed by atoms with E-state index in [1.807, 2.05) is 0 Å². The highest BCUT2D eigenvalue weighted by molar-refractivity contribution is 7.92. The fourth-order valence-corrected chi connectivity index (χ4v) is 5.28. The van der Waals surface area contributed by atoms with Crippen molar-refractivity contribution in [3.63, 3.8) is 0 Å². The summed E-state index contributed by atoms with van der Waals surface area (Å²) in [5, 5.41) is 1.63. The van der Waals surface area contributed by atoms with E-state index in [9.17, 15) is 30.8 Å². The number of alkyl halides is 3. The molecular formula is C20H18ClF4NO3S. The van der Waals surface area contributed by atoms with Gasteiger partial charge < -0.3 is 5.32 Å². The van der Waals surface area contributed by atoms with E-state index < -0.39 is 38.6 Å². The third-order valence-electron chi connectivity index (χ3n) is 5.33. The predicted octanol–water partition coefficient (Wildman–Crippen LogP) is 4.87. The fraction of sp³-hybridized carbons (Fsp3) is 0.350. The van der Waals surface area contributed by atoms with Crippen LogP contribution in [0.2, 0.25) is 5.02 Å². The third-order valence-corrected chi connectivity index (χ3v) is 7.90. The van der Waals surface area contributed by atoms with Crippen molar-refractivity contribution in [2.75, 3.05) is 0 Å². The molecule has 0 unspecified atom stereocenters. The molecule has 1 amide bonds. The number of carbonyl (C=O) groups excluding carboxylic acids is 1. The quantitative estimate of drug-likeness (QED) is 0.643. The fourth-order valence-electron chi connectivity index (χ4n) is 3.39. The second kappa shape index (κ2) is 8.19. The van der Waals surface area contributed by atoms with Gasteiger partial charge in [0.25, 0.3) is 5.91 Å². The van der Waals surface area contributed by atoms with Crippen molar-refractivity contribution in [1.82, 2.24) is 5.32 Å². The first-order valence-electron chi connectivity index (χ1n) is 9.06. The molecule has 1 aliphatic rings. The Bertz CT molecular complexity index is 1070. The van der Waals surface area contributed by atoms with E-state index in [2.05, 4.69) is 5.32 Å². The Morgan fingerprint density at radius 1 is 1.17 bits per heavy atom. The van der Waals surface area contributed by atoms with Gasteiger partial charge in [0.05, 0.1) is 20.7 Å². The molecular weight excluding hydrogens is 446 g/mol. The maximum Gasteiger partial charge on any atom is 0.416 e. The summed E-state index contributed by atoms with van der Waals surface area (Å²) in [6, 6.07) is 6.95. The molecule has 1 atom stereocenters. The van der Waals surface area contributed by atoms with Gasteiger partial charge in [-0.15, -0.1) is 0 Å². The second-order valence-corrected chi connectivity index (χ2v) is 10.0. The molecule has 0 aromatic heterocycles. The molecule has 0 radical (unpaired) electrons. The Morgan fingerprint density at radius 3 is 2.43 bits per heavy atom. The molecule has 0 aliphatic heterocycles. The summed E-state index contributed by atoms with van der Waals surface area (Å²) in [6.07, 6.45) is -3.91. The lowest BCUT2D eigenvalue weighted by molar-refractivity contribution is -0.137. The van der Waals surface area contributed by atoms with Gasteiger partial charge >= 0.3 is 6.18 Å². The van der Waals surface area contributed by atoms with Crippen molar-refractivity contribution in [2.24, 2.45) is 5.92 Å². The smallest absolute Gasteiger partial charge is 0.349 e. The number of benzene rings is 2. The molecule has 1 saturated carbocycles. The Hall–Kier alpha value is -2.13. The molecule has 0 saturated heterocycles. The van der Waals surface area contributed by atoms with Crippen LogP contribution in [0, 0.1) is 11.7 Å². The molecule has 30 heavy (non-hydrogen) atoms. The molecule has 0 bridgehead atoms. The van der Waals surface area contributed by atoms with Gasteiger partial charge in [-0.25, -0.2) is 12.8 Å². The minimum absolute atomic E-state index is 0.175. The van der Waals surface area contributed by atoms with Crippen LogP contribution in [0.25, 0.3) is 0 Å². The summed E-state index contributed by atoms with van der Waals surface area (Å²) in [4.78, 5) is 11.8. The lowest BCUT2D eigenvalue weighted by Crippen LogP contribution is -2.48. The van der Waals surface area contributed by atoms with Crippen molar-refractivity contribution < 1.29 is 30.8 Å². The largest absolute Gasteiger partial charge is 0.416 e. The Kier molecular flexibility index (Phi) is 6.15. The van der Waals surface area contributed by atoms with E-state index in [1.165, 1.54) is 19.1 Å². The number of sulfone groups is 1. The summed E-state index contributed by atoms with van der Waals surface area (Å²) < 4.78 is 77.4. The van der Waals surface area contributed by atoms with Crippen molar-refractivity contribution in [2.45, 2.75) is 42.1 Å². The summed E-state index contributed by atoms with van der Waals surface area (Å²) in [5.41, 5.74) is -0.845. The highest BCUT2D eigenvalue weighted by Crippen LogP contribution is 2.37. The van der Waals surface area contributed by atoms with Gasteiger partial charge in [-0.1, -0.05) is 17.7 Å². The predicted molar refractivity (Wildman–Crippen MR) is 103 cm³/mol. The number of halogens is 5. The van der Waals surface area contributed by atoms with Gasteiger partial charge in [0.1, 0.15) is 5.82 Å². The number of carbonyl (C=O) groups is 1. The number of rotatable bonds is 5. The third kappa shape index (κ3) is 4.62. The number of amides is 1. The molecule has 1 N–H and O–H groups in total. The minimum atomic E-state index is -4.64. The molecule has 1 fully saturated rings. The first-order valence-corrected chi connectivity index (χ1v) is 11.0. The first kappa shape index (κ1) is 22.6. The molecule has 0 spiro atoms. The van der Waals surface area contributed by atoms with Crippen LogP contribution in [0.3, 0.4) is 0 Å². The maximum absolute atomic E-state index is 13.2. The van der Waals surface area contributed by atoms with E-state index in [1.54, 1.807) is 0 Å². The molecule has 1 aliphatic carbocycles. The van der Waals surface area contributed by atoms with Gasteiger partial charge in [0, 0.05) is 11.6 Å². The van der Waals surface area contributed by atoms with Crippen LogP contribution in [0.4, 0.5) is 17.6 Å². The number of hydrogen-bond acceptors (Lipinski definition) is 3. The molecule has 4 nitrogen and oxygen atoms in total. The number of nitrogens with one attached hydrogen (secondary N) is 1. The Morgan fingerprint density at radius 2 is 1.83 bits per heavy atom. The summed E-state index contributed by atoms with van der Waals surface area (Å²) in [7, 11) is -3.97. The van der Waals surface area contributed by atoms with Gasteiger partial charge in [-0.2, -0.15) is 13.2 Å². The SMILES string of the molecule is C[C@H]([C@H]1C[C@H](NC(=O)c2ccc(F)c(Cl)c2)C1)S(=O)(=O)c1cccc(C(F)(F)F)c1. The van der Waals surface area contributed by atoms with Gasteiger partial charge in [0.2, 0.25) is 0 Å². The van der Waals surface area contributed by atoms with Gasteiger partial charge in [0.15, 0.2) is 9.84 Å². The summed E-state index contributed by atoms with van der Waals surface area (Å²) in [5.74, 6) is -1.43. The van der Waals surface area contributed by atoms with Crippen LogP contribution >= 0.6 is 11.6 Å². The lowest BCUT2D eigenvalue weighted by Gasteiger charge is -2.39. The van der Waals surface area contributed by atoms with Crippen molar-refractivity contribution >= 4 is 27.3 Å².